The Hall–Kier alpha value is -3.01. The maximum atomic E-state index is 12.1. The van der Waals surface area contributed by atoms with Crippen molar-refractivity contribution in [2.45, 2.75) is 11.3 Å². The van der Waals surface area contributed by atoms with Crippen LogP contribution < -0.4 is 5.32 Å². The van der Waals surface area contributed by atoms with Crippen LogP contribution in [0, 0.1) is 0 Å². The van der Waals surface area contributed by atoms with Crippen molar-refractivity contribution >= 4 is 21.8 Å². The Kier molecular flexibility index (Phi) is 4.61. The molecule has 3 rings (SSSR count). The average Bonchev–Trinajstić information content (AvgIpc) is 3.23. The number of sulfone groups is 1. The zero-order valence-electron chi connectivity index (χ0n) is 13.3. The van der Waals surface area contributed by atoms with Crippen LogP contribution in [0.25, 0.3) is 11.6 Å². The maximum Gasteiger partial charge on any atom is 0.322 e. The minimum Gasteiger partial charge on any atom is -0.401 e. The number of aryl methyl sites for hydroxylation is 1. The second kappa shape index (κ2) is 6.85. The van der Waals surface area contributed by atoms with Gasteiger partial charge in [-0.1, -0.05) is 23.3 Å². The van der Waals surface area contributed by atoms with Gasteiger partial charge in [0.15, 0.2) is 9.84 Å². The van der Waals surface area contributed by atoms with Gasteiger partial charge in [0.2, 0.25) is 5.91 Å². The van der Waals surface area contributed by atoms with Gasteiger partial charge in [0.05, 0.1) is 10.6 Å². The summed E-state index contributed by atoms with van der Waals surface area (Å²) in [5.74, 6) is -0.687. The third-order valence-corrected chi connectivity index (χ3v) is 5.04. The number of benzene rings is 1. The highest BCUT2D eigenvalue weighted by Gasteiger charge is 2.18. The van der Waals surface area contributed by atoms with Gasteiger partial charge in [0, 0.05) is 19.7 Å². The van der Waals surface area contributed by atoms with Crippen molar-refractivity contribution < 1.29 is 17.6 Å². The Labute approximate surface area is 143 Å². The zero-order valence-corrected chi connectivity index (χ0v) is 14.1. The number of carbonyl (C=O) groups excluding carboxylic acids is 1. The molecule has 0 radical (unpaired) electrons. The van der Waals surface area contributed by atoms with E-state index >= 15 is 0 Å². The summed E-state index contributed by atoms with van der Waals surface area (Å²) in [6, 6.07) is 9.54. The van der Waals surface area contributed by atoms with E-state index < -0.39 is 15.7 Å². The molecule has 1 amide bonds. The molecule has 2 heterocycles. The van der Waals surface area contributed by atoms with Crippen LogP contribution in [0.1, 0.15) is 6.42 Å². The van der Waals surface area contributed by atoms with E-state index in [0.29, 0.717) is 5.69 Å². The molecule has 0 saturated heterocycles. The van der Waals surface area contributed by atoms with E-state index in [1.54, 1.807) is 42.2 Å². The molecule has 10 heteroatoms. The molecule has 0 spiro atoms. The quantitative estimate of drug-likeness (QED) is 0.702. The van der Waals surface area contributed by atoms with Gasteiger partial charge >= 0.3 is 6.01 Å². The van der Waals surface area contributed by atoms with E-state index in [4.69, 9.17) is 4.42 Å². The Morgan fingerprint density at radius 1 is 1.20 bits per heavy atom. The van der Waals surface area contributed by atoms with E-state index in [1.165, 1.54) is 12.1 Å². The lowest BCUT2D eigenvalue weighted by molar-refractivity contribution is -0.115. The van der Waals surface area contributed by atoms with Crippen molar-refractivity contribution in [2.75, 3.05) is 11.1 Å². The molecule has 1 aromatic carbocycles. The van der Waals surface area contributed by atoms with Crippen LogP contribution in [0.2, 0.25) is 0 Å². The molecule has 0 aliphatic carbocycles. The Morgan fingerprint density at radius 3 is 2.64 bits per heavy atom. The fraction of sp³-hybridized carbons (Fsp3) is 0.200. The molecular weight excluding hydrogens is 346 g/mol. The van der Waals surface area contributed by atoms with E-state index in [2.05, 4.69) is 20.6 Å². The third kappa shape index (κ3) is 4.10. The van der Waals surface area contributed by atoms with Crippen molar-refractivity contribution in [2.24, 2.45) is 7.05 Å². The number of nitrogens with zero attached hydrogens (tertiary/aromatic N) is 4. The summed E-state index contributed by atoms with van der Waals surface area (Å²) in [7, 11) is -1.78. The van der Waals surface area contributed by atoms with E-state index in [0.717, 1.165) is 0 Å². The van der Waals surface area contributed by atoms with Gasteiger partial charge in [0.25, 0.3) is 5.89 Å². The largest absolute Gasteiger partial charge is 0.401 e. The molecule has 0 aliphatic rings. The van der Waals surface area contributed by atoms with Crippen LogP contribution in [0.3, 0.4) is 0 Å². The predicted octanol–water partition coefficient (Wildman–Crippen LogP) is 1.27. The molecule has 0 fully saturated rings. The standard InChI is InChI=1S/C15H15N5O4S/c1-20-9-7-12(19-20)14-17-18-15(24-14)16-13(21)8-10-25(22,23)11-5-3-2-4-6-11/h2-7,9H,8,10H2,1H3,(H,16,18,21). The number of nitrogens with one attached hydrogen (secondary N) is 1. The van der Waals surface area contributed by atoms with Gasteiger partial charge in [-0.2, -0.15) is 5.10 Å². The normalized spacial score (nSPS) is 11.4. The van der Waals surface area contributed by atoms with E-state index in [9.17, 15) is 13.2 Å². The molecule has 0 bridgehead atoms. The lowest BCUT2D eigenvalue weighted by Gasteiger charge is -2.03. The van der Waals surface area contributed by atoms with Gasteiger partial charge in [-0.25, -0.2) is 8.42 Å². The Morgan fingerprint density at radius 2 is 1.96 bits per heavy atom. The third-order valence-electron chi connectivity index (χ3n) is 3.30. The lowest BCUT2D eigenvalue weighted by atomic mass is 10.4. The van der Waals surface area contributed by atoms with Crippen molar-refractivity contribution in [3.63, 3.8) is 0 Å². The summed E-state index contributed by atoms with van der Waals surface area (Å²) in [5.41, 5.74) is 0.474. The molecule has 130 valence electrons. The summed E-state index contributed by atoms with van der Waals surface area (Å²) < 4.78 is 31.1. The van der Waals surface area contributed by atoms with Crippen LogP contribution in [0.15, 0.2) is 51.9 Å². The lowest BCUT2D eigenvalue weighted by Crippen LogP contribution is -2.17. The van der Waals surface area contributed by atoms with E-state index in [-0.39, 0.29) is 29.0 Å². The molecule has 0 aliphatic heterocycles. The minimum absolute atomic E-state index is 0.109. The average molecular weight is 361 g/mol. The fourth-order valence-corrected chi connectivity index (χ4v) is 3.32. The predicted molar refractivity (Wildman–Crippen MR) is 88.2 cm³/mol. The number of hydrogen-bond acceptors (Lipinski definition) is 7. The van der Waals surface area contributed by atoms with Crippen LogP contribution in [0.5, 0.6) is 0 Å². The summed E-state index contributed by atoms with van der Waals surface area (Å²) in [4.78, 5) is 12.1. The first-order valence-corrected chi connectivity index (χ1v) is 9.00. The Bertz CT molecular complexity index is 978. The van der Waals surface area contributed by atoms with Crippen molar-refractivity contribution in [1.82, 2.24) is 20.0 Å². The highest BCUT2D eigenvalue weighted by molar-refractivity contribution is 7.91. The summed E-state index contributed by atoms with van der Waals surface area (Å²) in [6.45, 7) is 0. The molecule has 25 heavy (non-hydrogen) atoms. The molecule has 9 nitrogen and oxygen atoms in total. The van der Waals surface area contributed by atoms with Gasteiger partial charge in [-0.15, -0.1) is 5.10 Å². The summed E-state index contributed by atoms with van der Waals surface area (Å²) >= 11 is 0. The number of anilines is 1. The molecular formula is C15H15N5O4S. The van der Waals surface area contributed by atoms with Gasteiger partial charge in [0.1, 0.15) is 5.69 Å². The number of amides is 1. The highest BCUT2D eigenvalue weighted by atomic mass is 32.2. The first kappa shape index (κ1) is 16.8. The zero-order chi connectivity index (χ0) is 17.9. The van der Waals surface area contributed by atoms with Crippen molar-refractivity contribution in [3.8, 4) is 11.6 Å². The summed E-state index contributed by atoms with van der Waals surface area (Å²) in [6.07, 6.45) is 1.49. The second-order valence-corrected chi connectivity index (χ2v) is 7.33. The summed E-state index contributed by atoms with van der Waals surface area (Å²) in [5, 5.41) is 14.0. The van der Waals surface area contributed by atoms with Crippen molar-refractivity contribution in [1.29, 1.82) is 0 Å². The monoisotopic (exact) mass is 361 g/mol. The Balaban J connectivity index is 1.59. The fourth-order valence-electron chi connectivity index (χ4n) is 2.06. The van der Waals surface area contributed by atoms with Crippen LogP contribution in [-0.4, -0.2) is 40.1 Å². The second-order valence-electron chi connectivity index (χ2n) is 5.22. The number of carbonyl (C=O) groups is 1. The van der Waals surface area contributed by atoms with Crippen LogP contribution in [-0.2, 0) is 21.7 Å². The SMILES string of the molecule is Cn1ccc(-c2nnc(NC(=O)CCS(=O)(=O)c3ccccc3)o2)n1. The number of aromatic nitrogens is 4. The van der Waals surface area contributed by atoms with Crippen LogP contribution >= 0.6 is 0 Å². The molecule has 0 atom stereocenters. The van der Waals surface area contributed by atoms with Crippen molar-refractivity contribution in [3.05, 3.63) is 42.6 Å². The molecule has 2 aromatic heterocycles. The first-order valence-electron chi connectivity index (χ1n) is 7.35. The first-order chi connectivity index (χ1) is 11.9. The van der Waals surface area contributed by atoms with Gasteiger partial charge in [-0.05, 0) is 18.2 Å². The van der Waals surface area contributed by atoms with Gasteiger partial charge < -0.3 is 4.42 Å². The van der Waals surface area contributed by atoms with Crippen LogP contribution in [0.4, 0.5) is 6.01 Å². The van der Waals surface area contributed by atoms with E-state index in [1.807, 2.05) is 0 Å². The molecule has 3 aromatic rings. The smallest absolute Gasteiger partial charge is 0.322 e. The van der Waals surface area contributed by atoms with Gasteiger partial charge in [-0.3, -0.25) is 14.8 Å². The molecule has 0 unspecified atom stereocenters. The minimum atomic E-state index is -3.52. The maximum absolute atomic E-state index is 12.1. The number of rotatable bonds is 6. The number of hydrogen-bond donors (Lipinski definition) is 1. The molecule has 1 N–H and O–H groups in total. The molecule has 0 saturated carbocycles. The topological polar surface area (TPSA) is 120 Å². The highest BCUT2D eigenvalue weighted by Crippen LogP contribution is 2.17.